The monoisotopic (exact) mass is 379 g/mol. The topological polar surface area (TPSA) is 79.8 Å². The van der Waals surface area contributed by atoms with Crippen LogP contribution in [-0.2, 0) is 20.8 Å². The normalized spacial score (nSPS) is 16.1. The number of nitrogens with zero attached hydrogens (tertiary/aromatic N) is 1. The number of aryl methyl sites for hydroxylation is 1. The quantitative estimate of drug-likeness (QED) is 0.595. The molecule has 0 aromatic heterocycles. The van der Waals surface area contributed by atoms with Gasteiger partial charge in [-0.05, 0) is 55.0 Å². The molecule has 1 aliphatic rings. The van der Waals surface area contributed by atoms with Crippen LogP contribution in [0.15, 0.2) is 53.7 Å². The summed E-state index contributed by atoms with van der Waals surface area (Å²) in [7, 11) is 0. The van der Waals surface area contributed by atoms with Crippen LogP contribution in [0, 0.1) is 0 Å². The van der Waals surface area contributed by atoms with E-state index in [1.807, 2.05) is 31.2 Å². The van der Waals surface area contributed by atoms with Gasteiger partial charge in [0.25, 0.3) is 5.91 Å². The molecule has 2 amide bonds. The fourth-order valence-electron chi connectivity index (χ4n) is 3.38. The zero-order chi connectivity index (χ0) is 19.9. The molecule has 1 aliphatic carbocycles. The van der Waals surface area contributed by atoms with Gasteiger partial charge in [0.05, 0.1) is 11.8 Å². The van der Waals surface area contributed by atoms with Crippen LogP contribution in [0.3, 0.4) is 0 Å². The zero-order valence-electron chi connectivity index (χ0n) is 16.2. The van der Waals surface area contributed by atoms with Crippen LogP contribution in [0.2, 0.25) is 0 Å². The first-order chi connectivity index (χ1) is 13.5. The number of hydrogen-bond donors (Lipinski definition) is 2. The molecule has 0 saturated heterocycles. The summed E-state index contributed by atoms with van der Waals surface area (Å²) in [4.78, 5) is 28.5. The van der Waals surface area contributed by atoms with Crippen molar-refractivity contribution in [3.63, 3.8) is 0 Å². The number of carbonyl (C=O) groups is 2. The SMILES string of the molecule is CC(=O)Nc1ccc(/C(C)=N/OCC(=O)NC2CCCc3ccccc32)cc1. The maximum Gasteiger partial charge on any atom is 0.261 e. The van der Waals surface area contributed by atoms with Gasteiger partial charge in [-0.1, -0.05) is 41.6 Å². The first kappa shape index (κ1) is 19.6. The van der Waals surface area contributed by atoms with Crippen LogP contribution in [0.5, 0.6) is 0 Å². The Morgan fingerprint density at radius 3 is 2.61 bits per heavy atom. The fourth-order valence-corrected chi connectivity index (χ4v) is 3.38. The molecule has 0 radical (unpaired) electrons. The maximum absolute atomic E-state index is 12.2. The van der Waals surface area contributed by atoms with Crippen LogP contribution in [0.25, 0.3) is 0 Å². The molecule has 0 heterocycles. The number of anilines is 1. The first-order valence-corrected chi connectivity index (χ1v) is 9.44. The largest absolute Gasteiger partial charge is 0.385 e. The van der Waals surface area contributed by atoms with Crippen molar-refractivity contribution in [3.8, 4) is 0 Å². The van der Waals surface area contributed by atoms with E-state index in [9.17, 15) is 9.59 Å². The van der Waals surface area contributed by atoms with Gasteiger partial charge < -0.3 is 15.5 Å². The van der Waals surface area contributed by atoms with Crippen LogP contribution >= 0.6 is 0 Å². The lowest BCUT2D eigenvalue weighted by molar-refractivity contribution is -0.126. The molecule has 6 nitrogen and oxygen atoms in total. The van der Waals surface area contributed by atoms with E-state index in [2.05, 4.69) is 27.9 Å². The van der Waals surface area contributed by atoms with E-state index in [0.29, 0.717) is 5.71 Å². The van der Waals surface area contributed by atoms with Crippen LogP contribution in [0.4, 0.5) is 5.69 Å². The summed E-state index contributed by atoms with van der Waals surface area (Å²) in [6.07, 6.45) is 3.06. The molecular formula is C22H25N3O3. The highest BCUT2D eigenvalue weighted by atomic mass is 16.6. The van der Waals surface area contributed by atoms with Crippen molar-refractivity contribution >= 4 is 23.2 Å². The second-order valence-electron chi connectivity index (χ2n) is 6.92. The van der Waals surface area contributed by atoms with E-state index in [0.717, 1.165) is 30.5 Å². The Hall–Kier alpha value is -3.15. The summed E-state index contributed by atoms with van der Waals surface area (Å²) in [5.74, 6) is -0.299. The number of hydrogen-bond acceptors (Lipinski definition) is 4. The summed E-state index contributed by atoms with van der Waals surface area (Å²) >= 11 is 0. The summed E-state index contributed by atoms with van der Waals surface area (Å²) < 4.78 is 0. The van der Waals surface area contributed by atoms with E-state index in [-0.39, 0.29) is 24.5 Å². The predicted molar refractivity (Wildman–Crippen MR) is 109 cm³/mol. The Kier molecular flexibility index (Phi) is 6.42. The molecule has 1 atom stereocenters. The van der Waals surface area contributed by atoms with Crippen molar-refractivity contribution < 1.29 is 14.4 Å². The smallest absolute Gasteiger partial charge is 0.261 e. The summed E-state index contributed by atoms with van der Waals surface area (Å²) in [5, 5.41) is 9.78. The average molecular weight is 379 g/mol. The van der Waals surface area contributed by atoms with Crippen molar-refractivity contribution in [2.45, 2.75) is 39.2 Å². The van der Waals surface area contributed by atoms with Gasteiger partial charge in [-0.15, -0.1) is 0 Å². The van der Waals surface area contributed by atoms with Gasteiger partial charge >= 0.3 is 0 Å². The third-order valence-corrected chi connectivity index (χ3v) is 4.72. The van der Waals surface area contributed by atoms with Gasteiger partial charge in [-0.25, -0.2) is 0 Å². The number of benzene rings is 2. The number of fused-ring (bicyclic) bond motifs is 1. The minimum Gasteiger partial charge on any atom is -0.385 e. The van der Waals surface area contributed by atoms with Gasteiger partial charge in [-0.3, -0.25) is 9.59 Å². The average Bonchev–Trinajstić information content (AvgIpc) is 2.68. The molecule has 6 heteroatoms. The van der Waals surface area contributed by atoms with Gasteiger partial charge in [0, 0.05) is 12.6 Å². The van der Waals surface area contributed by atoms with Crippen molar-refractivity contribution in [1.82, 2.24) is 5.32 Å². The van der Waals surface area contributed by atoms with Crippen molar-refractivity contribution in [3.05, 3.63) is 65.2 Å². The van der Waals surface area contributed by atoms with Crippen molar-refractivity contribution in [2.24, 2.45) is 5.16 Å². The molecule has 2 N–H and O–H groups in total. The lowest BCUT2D eigenvalue weighted by atomic mass is 9.88. The van der Waals surface area contributed by atoms with E-state index >= 15 is 0 Å². The highest BCUT2D eigenvalue weighted by molar-refractivity contribution is 5.99. The minimum atomic E-state index is -0.181. The molecule has 3 rings (SSSR count). The van der Waals surface area contributed by atoms with Crippen molar-refractivity contribution in [2.75, 3.05) is 11.9 Å². The molecule has 0 fully saturated rings. The third kappa shape index (κ3) is 5.19. The number of carbonyl (C=O) groups excluding carboxylic acids is 2. The van der Waals surface area contributed by atoms with Gasteiger partial charge in [-0.2, -0.15) is 0 Å². The Labute approximate surface area is 165 Å². The highest BCUT2D eigenvalue weighted by Gasteiger charge is 2.21. The molecular weight excluding hydrogens is 354 g/mol. The second-order valence-corrected chi connectivity index (χ2v) is 6.92. The number of rotatable bonds is 6. The Balaban J connectivity index is 1.51. The van der Waals surface area contributed by atoms with Crippen LogP contribution in [-0.4, -0.2) is 24.1 Å². The number of oxime groups is 1. The second kappa shape index (κ2) is 9.17. The lowest BCUT2D eigenvalue weighted by Crippen LogP contribution is -2.33. The molecule has 0 saturated carbocycles. The van der Waals surface area contributed by atoms with Crippen LogP contribution < -0.4 is 10.6 Å². The zero-order valence-corrected chi connectivity index (χ0v) is 16.2. The van der Waals surface area contributed by atoms with Crippen molar-refractivity contribution in [1.29, 1.82) is 0 Å². The maximum atomic E-state index is 12.2. The highest BCUT2D eigenvalue weighted by Crippen LogP contribution is 2.29. The standard InChI is InChI=1S/C22H25N3O3/c1-15(17-10-12-19(13-11-17)23-16(2)26)25-28-14-22(27)24-21-9-5-7-18-6-3-4-8-20(18)21/h3-4,6,8,10-13,21H,5,7,9,14H2,1-2H3,(H,23,26)(H,24,27)/b25-15+. The predicted octanol–water partition coefficient (Wildman–Crippen LogP) is 3.58. The first-order valence-electron chi connectivity index (χ1n) is 9.44. The number of nitrogens with one attached hydrogen (secondary N) is 2. The fraction of sp³-hybridized carbons (Fsp3) is 0.318. The van der Waals surface area contributed by atoms with E-state index in [1.165, 1.54) is 18.1 Å². The molecule has 0 aliphatic heterocycles. The molecule has 1 unspecified atom stereocenters. The molecule has 2 aromatic carbocycles. The van der Waals surface area contributed by atoms with E-state index in [1.54, 1.807) is 12.1 Å². The number of amides is 2. The Morgan fingerprint density at radius 2 is 1.86 bits per heavy atom. The summed E-state index contributed by atoms with van der Waals surface area (Å²) in [6, 6.07) is 15.5. The minimum absolute atomic E-state index is 0.0347. The molecule has 0 bridgehead atoms. The Morgan fingerprint density at radius 1 is 1.11 bits per heavy atom. The molecule has 28 heavy (non-hydrogen) atoms. The molecule has 2 aromatic rings. The summed E-state index contributed by atoms with van der Waals surface area (Å²) in [5.41, 5.74) is 4.73. The Bertz CT molecular complexity index is 875. The van der Waals surface area contributed by atoms with Gasteiger partial charge in [0.1, 0.15) is 0 Å². The summed E-state index contributed by atoms with van der Waals surface area (Å²) in [6.45, 7) is 3.15. The lowest BCUT2D eigenvalue weighted by Gasteiger charge is -2.26. The third-order valence-electron chi connectivity index (χ3n) is 4.72. The van der Waals surface area contributed by atoms with E-state index in [4.69, 9.17) is 4.84 Å². The van der Waals surface area contributed by atoms with Crippen LogP contribution in [0.1, 0.15) is 49.4 Å². The van der Waals surface area contributed by atoms with E-state index < -0.39 is 0 Å². The van der Waals surface area contributed by atoms with Gasteiger partial charge in [0.2, 0.25) is 5.91 Å². The molecule has 146 valence electrons. The van der Waals surface area contributed by atoms with Gasteiger partial charge in [0.15, 0.2) is 6.61 Å². The molecule has 0 spiro atoms.